The minimum Gasteiger partial charge on any atom is -0.398 e. The van der Waals surface area contributed by atoms with E-state index >= 15 is 0 Å². The van der Waals surface area contributed by atoms with E-state index in [-0.39, 0.29) is 0 Å². The van der Waals surface area contributed by atoms with Gasteiger partial charge in [0.15, 0.2) is 0 Å². The number of nitrogen functional groups attached to an aromatic ring is 1. The van der Waals surface area contributed by atoms with Crippen LogP contribution in [0, 0.1) is 11.8 Å². The first-order chi connectivity index (χ1) is 5.77. The molecule has 0 saturated carbocycles. The number of anilines is 1. The maximum Gasteiger partial charge on any atom is 0.0477 e. The number of benzene rings is 1. The van der Waals surface area contributed by atoms with Crippen molar-refractivity contribution in [2.24, 2.45) is 0 Å². The lowest BCUT2D eigenvalue weighted by Gasteiger charge is -2.00. The zero-order valence-corrected chi connectivity index (χ0v) is 7.52. The molecule has 0 bridgehead atoms. The Labute approximate surface area is 73.6 Å². The molecular formula is C11H13N. The molecule has 0 atom stereocenters. The summed E-state index contributed by atoms with van der Waals surface area (Å²) in [7, 11) is 0. The lowest BCUT2D eigenvalue weighted by molar-refractivity contribution is 1.14. The summed E-state index contributed by atoms with van der Waals surface area (Å²) < 4.78 is 0. The molecule has 1 rings (SSSR count). The van der Waals surface area contributed by atoms with Gasteiger partial charge in [0.2, 0.25) is 0 Å². The molecule has 0 fully saturated rings. The molecule has 1 aromatic rings. The van der Waals surface area contributed by atoms with Gasteiger partial charge in [0, 0.05) is 11.3 Å². The van der Waals surface area contributed by atoms with E-state index in [2.05, 4.69) is 18.8 Å². The van der Waals surface area contributed by atoms with Gasteiger partial charge in [-0.15, -0.1) is 5.92 Å². The van der Waals surface area contributed by atoms with E-state index in [1.165, 1.54) is 5.56 Å². The summed E-state index contributed by atoms with van der Waals surface area (Å²) in [6, 6.07) is 6.00. The minimum absolute atomic E-state index is 0.765. The van der Waals surface area contributed by atoms with E-state index < -0.39 is 0 Å². The Morgan fingerprint density at radius 3 is 2.75 bits per heavy atom. The van der Waals surface area contributed by atoms with Crippen LogP contribution in [0.2, 0.25) is 0 Å². The second kappa shape index (κ2) is 3.82. The van der Waals surface area contributed by atoms with E-state index in [0.717, 1.165) is 17.7 Å². The van der Waals surface area contributed by atoms with E-state index in [0.29, 0.717) is 0 Å². The third-order valence-corrected chi connectivity index (χ3v) is 1.79. The monoisotopic (exact) mass is 159 g/mol. The SMILES string of the molecule is CC#Cc1cc(CC)ccc1N. The van der Waals surface area contributed by atoms with Crippen molar-refractivity contribution in [1.82, 2.24) is 0 Å². The highest BCUT2D eigenvalue weighted by Crippen LogP contribution is 2.13. The Bertz CT molecular complexity index is 329. The second-order valence-electron chi connectivity index (χ2n) is 2.65. The quantitative estimate of drug-likeness (QED) is 0.493. The molecule has 0 heterocycles. The molecule has 0 saturated heterocycles. The van der Waals surface area contributed by atoms with Crippen molar-refractivity contribution in [2.45, 2.75) is 20.3 Å². The molecule has 12 heavy (non-hydrogen) atoms. The number of hydrogen-bond donors (Lipinski definition) is 1. The predicted molar refractivity (Wildman–Crippen MR) is 52.8 cm³/mol. The predicted octanol–water partition coefficient (Wildman–Crippen LogP) is 2.20. The highest BCUT2D eigenvalue weighted by molar-refractivity contribution is 5.56. The smallest absolute Gasteiger partial charge is 0.0477 e. The van der Waals surface area contributed by atoms with Crippen molar-refractivity contribution in [1.29, 1.82) is 0 Å². The third-order valence-electron chi connectivity index (χ3n) is 1.79. The van der Waals surface area contributed by atoms with E-state index in [1.54, 1.807) is 0 Å². The number of nitrogens with two attached hydrogens (primary N) is 1. The molecule has 0 unspecified atom stereocenters. The highest BCUT2D eigenvalue weighted by atomic mass is 14.5. The standard InChI is InChI=1S/C11H13N/c1-3-5-10-8-9(4-2)6-7-11(10)12/h6-8H,4,12H2,1-2H3. The second-order valence-corrected chi connectivity index (χ2v) is 2.65. The van der Waals surface area contributed by atoms with Crippen molar-refractivity contribution in [3.63, 3.8) is 0 Å². The van der Waals surface area contributed by atoms with Crippen LogP contribution in [0.15, 0.2) is 18.2 Å². The Balaban J connectivity index is 3.14. The Morgan fingerprint density at radius 2 is 2.17 bits per heavy atom. The van der Waals surface area contributed by atoms with Crippen LogP contribution >= 0.6 is 0 Å². The van der Waals surface area contributed by atoms with Crippen molar-refractivity contribution in [2.75, 3.05) is 5.73 Å². The fourth-order valence-electron chi connectivity index (χ4n) is 1.07. The van der Waals surface area contributed by atoms with Gasteiger partial charge in [-0.2, -0.15) is 0 Å². The zero-order valence-electron chi connectivity index (χ0n) is 7.52. The van der Waals surface area contributed by atoms with Gasteiger partial charge in [-0.05, 0) is 31.0 Å². The molecule has 0 aliphatic heterocycles. The molecular weight excluding hydrogens is 146 g/mol. The van der Waals surface area contributed by atoms with Crippen molar-refractivity contribution in [3.05, 3.63) is 29.3 Å². The van der Waals surface area contributed by atoms with E-state index in [1.807, 2.05) is 25.1 Å². The van der Waals surface area contributed by atoms with Crippen molar-refractivity contribution < 1.29 is 0 Å². The molecule has 0 radical (unpaired) electrons. The Hall–Kier alpha value is -1.42. The average Bonchev–Trinajstić information content (AvgIpc) is 2.09. The largest absolute Gasteiger partial charge is 0.398 e. The molecule has 1 nitrogen and oxygen atoms in total. The third kappa shape index (κ3) is 1.79. The zero-order chi connectivity index (χ0) is 8.97. The lowest BCUT2D eigenvalue weighted by Crippen LogP contribution is -1.91. The van der Waals surface area contributed by atoms with Gasteiger partial charge in [0.25, 0.3) is 0 Å². The molecule has 1 heteroatoms. The van der Waals surface area contributed by atoms with Crippen molar-refractivity contribution >= 4 is 5.69 Å². The summed E-state index contributed by atoms with van der Waals surface area (Å²) in [5, 5.41) is 0. The van der Waals surface area contributed by atoms with Crippen LogP contribution in [-0.2, 0) is 6.42 Å². The molecule has 2 N–H and O–H groups in total. The first-order valence-electron chi connectivity index (χ1n) is 4.09. The number of hydrogen-bond acceptors (Lipinski definition) is 1. The fourth-order valence-corrected chi connectivity index (χ4v) is 1.07. The molecule has 0 spiro atoms. The van der Waals surface area contributed by atoms with Crippen molar-refractivity contribution in [3.8, 4) is 11.8 Å². The summed E-state index contributed by atoms with van der Waals surface area (Å²) in [5.74, 6) is 5.82. The molecule has 0 aliphatic rings. The number of aryl methyl sites for hydroxylation is 1. The summed E-state index contributed by atoms with van der Waals surface area (Å²) in [4.78, 5) is 0. The average molecular weight is 159 g/mol. The molecule has 0 amide bonds. The molecule has 0 aromatic heterocycles. The van der Waals surface area contributed by atoms with Gasteiger partial charge in [0.05, 0.1) is 0 Å². The van der Waals surface area contributed by atoms with Gasteiger partial charge in [-0.3, -0.25) is 0 Å². The normalized spacial score (nSPS) is 8.83. The number of rotatable bonds is 1. The Kier molecular flexibility index (Phi) is 2.76. The van der Waals surface area contributed by atoms with Gasteiger partial charge >= 0.3 is 0 Å². The molecule has 0 aliphatic carbocycles. The van der Waals surface area contributed by atoms with Gasteiger partial charge in [-0.1, -0.05) is 18.9 Å². The van der Waals surface area contributed by atoms with Crippen LogP contribution < -0.4 is 5.73 Å². The van der Waals surface area contributed by atoms with Crippen LogP contribution in [0.3, 0.4) is 0 Å². The summed E-state index contributed by atoms with van der Waals surface area (Å²) >= 11 is 0. The van der Waals surface area contributed by atoms with Crippen LogP contribution in [-0.4, -0.2) is 0 Å². The first-order valence-corrected chi connectivity index (χ1v) is 4.09. The fraction of sp³-hybridized carbons (Fsp3) is 0.273. The molecule has 1 aromatic carbocycles. The van der Waals surface area contributed by atoms with Gasteiger partial charge in [-0.25, -0.2) is 0 Å². The summed E-state index contributed by atoms with van der Waals surface area (Å²) in [6.07, 6.45) is 1.03. The highest BCUT2D eigenvalue weighted by Gasteiger charge is 1.95. The van der Waals surface area contributed by atoms with Gasteiger partial charge < -0.3 is 5.73 Å². The topological polar surface area (TPSA) is 26.0 Å². The van der Waals surface area contributed by atoms with Crippen LogP contribution in [0.25, 0.3) is 0 Å². The van der Waals surface area contributed by atoms with Crippen LogP contribution in [0.1, 0.15) is 25.0 Å². The van der Waals surface area contributed by atoms with Crippen LogP contribution in [0.5, 0.6) is 0 Å². The van der Waals surface area contributed by atoms with Crippen LogP contribution in [0.4, 0.5) is 5.69 Å². The van der Waals surface area contributed by atoms with E-state index in [4.69, 9.17) is 5.73 Å². The first kappa shape index (κ1) is 8.67. The summed E-state index contributed by atoms with van der Waals surface area (Å²) in [6.45, 7) is 3.94. The maximum atomic E-state index is 5.73. The summed E-state index contributed by atoms with van der Waals surface area (Å²) in [5.41, 5.74) is 8.71. The Morgan fingerprint density at radius 1 is 1.42 bits per heavy atom. The maximum absolute atomic E-state index is 5.73. The van der Waals surface area contributed by atoms with E-state index in [9.17, 15) is 0 Å². The van der Waals surface area contributed by atoms with Gasteiger partial charge in [0.1, 0.15) is 0 Å². The molecule has 62 valence electrons. The minimum atomic E-state index is 0.765. The lowest BCUT2D eigenvalue weighted by atomic mass is 10.1.